The highest BCUT2D eigenvalue weighted by atomic mass is 79.9. The average molecular weight is 293 g/mol. The third-order valence-electron chi connectivity index (χ3n) is 2.04. The van der Waals surface area contributed by atoms with Crippen molar-refractivity contribution in [1.82, 2.24) is 0 Å². The number of hydrogen-bond acceptors (Lipinski definition) is 3. The van der Waals surface area contributed by atoms with Crippen molar-refractivity contribution in [3.8, 4) is 11.5 Å². The van der Waals surface area contributed by atoms with E-state index in [0.717, 1.165) is 6.07 Å². The number of methoxy groups -OCH3 is 1. The second kappa shape index (κ2) is 5.16. The molecule has 0 atom stereocenters. The molecule has 0 aliphatic rings. The summed E-state index contributed by atoms with van der Waals surface area (Å²) in [5, 5.41) is 17.9. The van der Waals surface area contributed by atoms with Crippen LogP contribution in [-0.2, 0) is 11.2 Å². The topological polar surface area (TPSA) is 66.8 Å². The van der Waals surface area contributed by atoms with Crippen LogP contribution in [0.2, 0.25) is 0 Å². The standard InChI is InChI=1S/C10H10BrFO4/c1-16-10-7(13)4-6(12)5(9(10)11)2-3-8(14)15/h4,13H,2-3H2,1H3,(H,14,15). The van der Waals surface area contributed by atoms with Crippen LogP contribution in [0.15, 0.2) is 10.5 Å². The summed E-state index contributed by atoms with van der Waals surface area (Å²) in [5.41, 5.74) is 0.178. The molecule has 0 saturated heterocycles. The van der Waals surface area contributed by atoms with Gasteiger partial charge in [0.15, 0.2) is 11.5 Å². The van der Waals surface area contributed by atoms with E-state index in [1.54, 1.807) is 0 Å². The summed E-state index contributed by atoms with van der Waals surface area (Å²) in [7, 11) is 1.33. The molecule has 0 radical (unpaired) electrons. The first kappa shape index (κ1) is 12.8. The lowest BCUT2D eigenvalue weighted by molar-refractivity contribution is -0.136. The van der Waals surface area contributed by atoms with E-state index in [-0.39, 0.29) is 34.4 Å². The number of phenolic OH excluding ortho intramolecular Hbond substituents is 1. The first-order valence-corrected chi connectivity index (χ1v) is 5.22. The van der Waals surface area contributed by atoms with Gasteiger partial charge in [0.25, 0.3) is 0 Å². The van der Waals surface area contributed by atoms with Gasteiger partial charge < -0.3 is 14.9 Å². The number of carboxylic acid groups (broad SMARTS) is 1. The Morgan fingerprint density at radius 2 is 2.25 bits per heavy atom. The molecule has 0 heterocycles. The van der Waals surface area contributed by atoms with Gasteiger partial charge in [-0.05, 0) is 22.4 Å². The first-order valence-electron chi connectivity index (χ1n) is 4.43. The van der Waals surface area contributed by atoms with Gasteiger partial charge in [-0.1, -0.05) is 0 Å². The number of rotatable bonds is 4. The monoisotopic (exact) mass is 292 g/mol. The molecule has 0 aliphatic heterocycles. The number of phenols is 1. The molecule has 16 heavy (non-hydrogen) atoms. The van der Waals surface area contributed by atoms with E-state index >= 15 is 0 Å². The molecule has 2 N–H and O–H groups in total. The van der Waals surface area contributed by atoms with E-state index < -0.39 is 11.8 Å². The molecule has 0 aromatic heterocycles. The van der Waals surface area contributed by atoms with E-state index in [1.165, 1.54) is 7.11 Å². The third-order valence-corrected chi connectivity index (χ3v) is 2.88. The third kappa shape index (κ3) is 2.63. The molecule has 0 aliphatic carbocycles. The fraction of sp³-hybridized carbons (Fsp3) is 0.300. The molecule has 0 unspecified atom stereocenters. The van der Waals surface area contributed by atoms with Gasteiger partial charge in [-0.3, -0.25) is 4.79 Å². The molecule has 1 aromatic rings. The van der Waals surface area contributed by atoms with Crippen molar-refractivity contribution in [3.05, 3.63) is 21.9 Å². The van der Waals surface area contributed by atoms with Crippen LogP contribution in [0.25, 0.3) is 0 Å². The molecule has 6 heteroatoms. The van der Waals surface area contributed by atoms with Crippen LogP contribution in [0.4, 0.5) is 4.39 Å². The zero-order valence-corrected chi connectivity index (χ0v) is 10.0. The Balaban J connectivity index is 3.12. The molecule has 4 nitrogen and oxygen atoms in total. The zero-order valence-electron chi connectivity index (χ0n) is 8.46. The fourth-order valence-electron chi connectivity index (χ4n) is 1.28. The van der Waals surface area contributed by atoms with Crippen molar-refractivity contribution in [3.63, 3.8) is 0 Å². The fourth-order valence-corrected chi connectivity index (χ4v) is 2.03. The smallest absolute Gasteiger partial charge is 0.303 e. The highest BCUT2D eigenvalue weighted by molar-refractivity contribution is 9.10. The molecule has 1 rings (SSSR count). The first-order chi connectivity index (χ1) is 7.47. The maximum Gasteiger partial charge on any atom is 0.303 e. The predicted molar refractivity (Wildman–Crippen MR) is 58.3 cm³/mol. The Labute approximate surface area is 99.8 Å². The van der Waals surface area contributed by atoms with Gasteiger partial charge >= 0.3 is 5.97 Å². The minimum absolute atomic E-state index is 0.0262. The second-order valence-corrected chi connectivity index (χ2v) is 3.89. The van der Waals surface area contributed by atoms with Crippen molar-refractivity contribution in [2.24, 2.45) is 0 Å². The van der Waals surface area contributed by atoms with E-state index in [0.29, 0.717) is 0 Å². The van der Waals surface area contributed by atoms with E-state index in [1.807, 2.05) is 0 Å². The van der Waals surface area contributed by atoms with Gasteiger partial charge in [-0.25, -0.2) is 4.39 Å². The van der Waals surface area contributed by atoms with Crippen molar-refractivity contribution in [2.75, 3.05) is 7.11 Å². The summed E-state index contributed by atoms with van der Waals surface area (Å²) >= 11 is 3.08. The summed E-state index contributed by atoms with van der Waals surface area (Å²) in [6, 6.07) is 0.904. The van der Waals surface area contributed by atoms with Gasteiger partial charge in [-0.15, -0.1) is 0 Å². The Morgan fingerprint density at radius 3 is 2.75 bits per heavy atom. The molecule has 0 spiro atoms. The van der Waals surface area contributed by atoms with Gasteiger partial charge in [0.05, 0.1) is 11.6 Å². The summed E-state index contributed by atoms with van der Waals surface area (Å²) < 4.78 is 18.6. The van der Waals surface area contributed by atoms with Crippen LogP contribution < -0.4 is 4.74 Å². The number of benzene rings is 1. The summed E-state index contributed by atoms with van der Waals surface area (Å²) in [4.78, 5) is 10.4. The lowest BCUT2D eigenvalue weighted by Crippen LogP contribution is -2.01. The predicted octanol–water partition coefficient (Wildman–Crippen LogP) is 2.32. The van der Waals surface area contributed by atoms with E-state index in [2.05, 4.69) is 15.9 Å². The van der Waals surface area contributed by atoms with Gasteiger partial charge in [0.2, 0.25) is 0 Å². The number of carboxylic acids is 1. The number of halogens is 2. The Bertz CT molecular complexity index is 420. The summed E-state index contributed by atoms with van der Waals surface area (Å²) in [6.45, 7) is 0. The number of ether oxygens (including phenoxy) is 1. The highest BCUT2D eigenvalue weighted by Gasteiger charge is 2.17. The minimum atomic E-state index is -1.02. The van der Waals surface area contributed by atoms with E-state index in [9.17, 15) is 14.3 Å². The maximum absolute atomic E-state index is 13.4. The molecule has 0 fully saturated rings. The van der Waals surface area contributed by atoms with Gasteiger partial charge in [0, 0.05) is 18.1 Å². The van der Waals surface area contributed by atoms with Crippen LogP contribution in [0, 0.1) is 5.82 Å². The minimum Gasteiger partial charge on any atom is -0.504 e. The SMILES string of the molecule is COc1c(O)cc(F)c(CCC(=O)O)c1Br. The molecule has 0 saturated carbocycles. The Morgan fingerprint density at radius 1 is 1.62 bits per heavy atom. The molecule has 0 bridgehead atoms. The maximum atomic E-state index is 13.4. The van der Waals surface area contributed by atoms with Crippen molar-refractivity contribution in [1.29, 1.82) is 0 Å². The number of carbonyl (C=O) groups is 1. The van der Waals surface area contributed by atoms with Gasteiger partial charge in [-0.2, -0.15) is 0 Å². The lowest BCUT2D eigenvalue weighted by Gasteiger charge is -2.11. The zero-order chi connectivity index (χ0) is 12.3. The largest absolute Gasteiger partial charge is 0.504 e. The Kier molecular flexibility index (Phi) is 4.12. The quantitative estimate of drug-likeness (QED) is 0.894. The molecular weight excluding hydrogens is 283 g/mol. The second-order valence-electron chi connectivity index (χ2n) is 3.10. The molecule has 88 valence electrons. The lowest BCUT2D eigenvalue weighted by atomic mass is 10.1. The van der Waals surface area contributed by atoms with E-state index in [4.69, 9.17) is 9.84 Å². The van der Waals surface area contributed by atoms with Crippen LogP contribution >= 0.6 is 15.9 Å². The molecule has 1 aromatic carbocycles. The Hall–Kier alpha value is -1.30. The number of aromatic hydroxyl groups is 1. The van der Waals surface area contributed by atoms with Crippen LogP contribution in [-0.4, -0.2) is 23.3 Å². The number of aliphatic carboxylic acids is 1. The van der Waals surface area contributed by atoms with Crippen LogP contribution in [0.3, 0.4) is 0 Å². The summed E-state index contributed by atoms with van der Waals surface area (Å²) in [5.74, 6) is -1.91. The highest BCUT2D eigenvalue weighted by Crippen LogP contribution is 2.38. The molecule has 0 amide bonds. The van der Waals surface area contributed by atoms with Crippen LogP contribution in [0.1, 0.15) is 12.0 Å². The van der Waals surface area contributed by atoms with Crippen molar-refractivity contribution >= 4 is 21.9 Å². The van der Waals surface area contributed by atoms with Crippen molar-refractivity contribution in [2.45, 2.75) is 12.8 Å². The van der Waals surface area contributed by atoms with Crippen molar-refractivity contribution < 1.29 is 24.1 Å². The number of hydrogen-bond donors (Lipinski definition) is 2. The van der Waals surface area contributed by atoms with Crippen LogP contribution in [0.5, 0.6) is 11.5 Å². The summed E-state index contributed by atoms with van der Waals surface area (Å²) in [6.07, 6.45) is -0.165. The van der Waals surface area contributed by atoms with Gasteiger partial charge in [0.1, 0.15) is 5.82 Å². The average Bonchev–Trinajstić information content (AvgIpc) is 2.16. The molecular formula is C10H10BrFO4. The normalized spacial score (nSPS) is 10.2.